The van der Waals surface area contributed by atoms with Crippen molar-refractivity contribution < 1.29 is 14.0 Å². The first kappa shape index (κ1) is 20.7. The van der Waals surface area contributed by atoms with E-state index in [-0.39, 0.29) is 12.3 Å². The van der Waals surface area contributed by atoms with Gasteiger partial charge in [-0.25, -0.2) is 4.68 Å². The Morgan fingerprint density at radius 2 is 1.83 bits per heavy atom. The molecule has 3 rings (SSSR count). The van der Waals surface area contributed by atoms with Crippen LogP contribution in [0.3, 0.4) is 0 Å². The van der Waals surface area contributed by atoms with E-state index in [1.165, 1.54) is 0 Å². The zero-order valence-electron chi connectivity index (χ0n) is 17.0. The summed E-state index contributed by atoms with van der Waals surface area (Å²) in [4.78, 5) is 24.6. The lowest BCUT2D eigenvalue weighted by atomic mass is 10.1. The van der Waals surface area contributed by atoms with Crippen molar-refractivity contribution in [2.24, 2.45) is 0 Å². The molecular formula is C21H23ClN4O3. The molecule has 0 saturated heterocycles. The normalized spacial score (nSPS) is 10.8. The highest BCUT2D eigenvalue weighted by atomic mass is 35.5. The fourth-order valence-corrected chi connectivity index (χ4v) is 3.33. The van der Waals surface area contributed by atoms with Crippen molar-refractivity contribution in [3.8, 4) is 5.69 Å². The summed E-state index contributed by atoms with van der Waals surface area (Å²) in [6.07, 6.45) is 0.0843. The number of hydrazine groups is 1. The van der Waals surface area contributed by atoms with E-state index < -0.39 is 5.91 Å². The van der Waals surface area contributed by atoms with Crippen LogP contribution in [0.15, 0.2) is 28.7 Å². The zero-order chi connectivity index (χ0) is 21.3. The Bertz CT molecular complexity index is 1100. The number of amides is 2. The molecule has 2 N–H and O–H groups in total. The standard InChI is InChI=1S/C21H23ClN4O3/c1-11-6-7-16(9-19(11)22)26-14(4)17(13(3)25-26)10-20(27)23-24-21(28)18-8-12(2)29-15(18)5/h6-9H,10H2,1-5H3,(H,23,27)(H,24,28). The second kappa shape index (κ2) is 8.13. The number of hydrogen-bond acceptors (Lipinski definition) is 4. The van der Waals surface area contributed by atoms with Gasteiger partial charge in [0.15, 0.2) is 0 Å². The second-order valence-electron chi connectivity index (χ2n) is 7.00. The van der Waals surface area contributed by atoms with Crippen molar-refractivity contribution in [3.63, 3.8) is 0 Å². The Morgan fingerprint density at radius 1 is 1.10 bits per heavy atom. The summed E-state index contributed by atoms with van der Waals surface area (Å²) in [5.74, 6) is 0.364. The Balaban J connectivity index is 1.70. The van der Waals surface area contributed by atoms with Crippen LogP contribution in [-0.2, 0) is 11.2 Å². The number of hydrogen-bond donors (Lipinski definition) is 2. The van der Waals surface area contributed by atoms with E-state index in [0.717, 1.165) is 28.2 Å². The maximum absolute atomic E-state index is 12.4. The summed E-state index contributed by atoms with van der Waals surface area (Å²) in [7, 11) is 0. The van der Waals surface area contributed by atoms with Crippen LogP contribution in [0, 0.1) is 34.6 Å². The van der Waals surface area contributed by atoms with Crippen LogP contribution < -0.4 is 10.9 Å². The van der Waals surface area contributed by atoms with Gasteiger partial charge in [-0.15, -0.1) is 0 Å². The number of benzene rings is 1. The molecule has 2 heterocycles. The molecule has 3 aromatic rings. The van der Waals surface area contributed by atoms with Gasteiger partial charge in [0, 0.05) is 16.3 Å². The average Bonchev–Trinajstić information content (AvgIpc) is 3.15. The molecule has 0 fully saturated rings. The van der Waals surface area contributed by atoms with Crippen LogP contribution in [0.25, 0.3) is 5.69 Å². The smallest absolute Gasteiger partial charge is 0.273 e. The number of nitrogens with one attached hydrogen (secondary N) is 2. The number of furan rings is 1. The summed E-state index contributed by atoms with van der Waals surface area (Å²) in [5.41, 5.74) is 9.44. The van der Waals surface area contributed by atoms with Crippen LogP contribution in [0.1, 0.15) is 44.4 Å². The minimum Gasteiger partial charge on any atom is -0.466 e. The molecule has 7 nitrogen and oxygen atoms in total. The summed E-state index contributed by atoms with van der Waals surface area (Å²) < 4.78 is 7.10. The van der Waals surface area contributed by atoms with Crippen molar-refractivity contribution >= 4 is 23.4 Å². The molecule has 0 radical (unpaired) electrons. The minimum absolute atomic E-state index is 0.0843. The Morgan fingerprint density at radius 3 is 2.45 bits per heavy atom. The highest BCUT2D eigenvalue weighted by Crippen LogP contribution is 2.23. The molecule has 1 aromatic carbocycles. The highest BCUT2D eigenvalue weighted by molar-refractivity contribution is 6.31. The number of aryl methyl sites for hydroxylation is 4. The van der Waals surface area contributed by atoms with E-state index in [4.69, 9.17) is 16.0 Å². The lowest BCUT2D eigenvalue weighted by molar-refractivity contribution is -0.121. The van der Waals surface area contributed by atoms with Crippen molar-refractivity contribution in [1.29, 1.82) is 0 Å². The van der Waals surface area contributed by atoms with E-state index in [1.54, 1.807) is 24.6 Å². The first-order valence-electron chi connectivity index (χ1n) is 9.15. The summed E-state index contributed by atoms with van der Waals surface area (Å²) in [5, 5.41) is 5.19. The molecule has 0 unspecified atom stereocenters. The number of carbonyl (C=O) groups is 2. The molecule has 0 atom stereocenters. The van der Waals surface area contributed by atoms with Gasteiger partial charge in [-0.05, 0) is 58.4 Å². The van der Waals surface area contributed by atoms with Crippen molar-refractivity contribution in [2.75, 3.05) is 0 Å². The predicted octanol–water partition coefficient (Wildman–Crippen LogP) is 3.66. The van der Waals surface area contributed by atoms with E-state index in [2.05, 4.69) is 16.0 Å². The average molecular weight is 415 g/mol. The lowest BCUT2D eigenvalue weighted by Crippen LogP contribution is -2.42. The first-order valence-corrected chi connectivity index (χ1v) is 9.53. The monoisotopic (exact) mass is 414 g/mol. The first-order chi connectivity index (χ1) is 13.7. The summed E-state index contributed by atoms with van der Waals surface area (Å²) in [6.45, 7) is 9.13. The topological polar surface area (TPSA) is 89.2 Å². The van der Waals surface area contributed by atoms with Crippen molar-refractivity contribution in [3.05, 3.63) is 68.9 Å². The van der Waals surface area contributed by atoms with Gasteiger partial charge in [0.05, 0.1) is 23.4 Å². The Labute approximate surface area is 174 Å². The SMILES string of the molecule is Cc1cc(C(=O)NNC(=O)Cc2c(C)nn(-c3ccc(C)c(Cl)c3)c2C)c(C)o1. The number of carbonyl (C=O) groups excluding carboxylic acids is 2. The fourth-order valence-electron chi connectivity index (χ4n) is 3.15. The lowest BCUT2D eigenvalue weighted by Gasteiger charge is -2.08. The van der Waals surface area contributed by atoms with Crippen LogP contribution in [-0.4, -0.2) is 21.6 Å². The number of halogens is 1. The van der Waals surface area contributed by atoms with Gasteiger partial charge in [0.2, 0.25) is 5.91 Å². The second-order valence-corrected chi connectivity index (χ2v) is 7.41. The van der Waals surface area contributed by atoms with E-state index in [9.17, 15) is 9.59 Å². The number of rotatable bonds is 4. The summed E-state index contributed by atoms with van der Waals surface area (Å²) >= 11 is 6.23. The maximum atomic E-state index is 12.4. The van der Waals surface area contributed by atoms with Gasteiger partial charge in [0.25, 0.3) is 5.91 Å². The van der Waals surface area contributed by atoms with Crippen LogP contribution >= 0.6 is 11.6 Å². The van der Waals surface area contributed by atoms with Crippen LogP contribution in [0.2, 0.25) is 5.02 Å². The molecule has 0 bridgehead atoms. The molecule has 0 aliphatic heterocycles. The molecular weight excluding hydrogens is 392 g/mol. The minimum atomic E-state index is -0.425. The molecule has 29 heavy (non-hydrogen) atoms. The molecule has 8 heteroatoms. The van der Waals surface area contributed by atoms with Gasteiger partial charge >= 0.3 is 0 Å². The highest BCUT2D eigenvalue weighted by Gasteiger charge is 2.18. The van der Waals surface area contributed by atoms with Gasteiger partial charge < -0.3 is 4.42 Å². The van der Waals surface area contributed by atoms with Gasteiger partial charge in [-0.3, -0.25) is 20.4 Å². The molecule has 2 aromatic heterocycles. The van der Waals surface area contributed by atoms with E-state index in [1.807, 2.05) is 39.0 Å². The third-order valence-corrected chi connectivity index (χ3v) is 5.19. The number of aromatic nitrogens is 2. The summed E-state index contributed by atoms with van der Waals surface area (Å²) in [6, 6.07) is 7.33. The molecule has 0 aliphatic rings. The quantitative estimate of drug-likeness (QED) is 0.637. The van der Waals surface area contributed by atoms with Crippen molar-refractivity contribution in [2.45, 2.75) is 41.0 Å². The molecule has 0 spiro atoms. The Hall–Kier alpha value is -3.06. The predicted molar refractivity (Wildman–Crippen MR) is 110 cm³/mol. The largest absolute Gasteiger partial charge is 0.466 e. The maximum Gasteiger partial charge on any atom is 0.273 e. The van der Waals surface area contributed by atoms with Crippen LogP contribution in [0.5, 0.6) is 0 Å². The molecule has 152 valence electrons. The number of nitrogens with zero attached hydrogens (tertiary/aromatic N) is 2. The Kier molecular flexibility index (Phi) is 5.79. The van der Waals surface area contributed by atoms with Gasteiger partial charge in [-0.2, -0.15) is 5.10 Å². The third kappa shape index (κ3) is 4.35. The molecule has 0 saturated carbocycles. The molecule has 2 amide bonds. The van der Waals surface area contributed by atoms with Gasteiger partial charge in [0.1, 0.15) is 11.5 Å². The fraction of sp³-hybridized carbons (Fsp3) is 0.286. The van der Waals surface area contributed by atoms with E-state index >= 15 is 0 Å². The van der Waals surface area contributed by atoms with Crippen molar-refractivity contribution in [1.82, 2.24) is 20.6 Å². The van der Waals surface area contributed by atoms with Crippen LogP contribution in [0.4, 0.5) is 0 Å². The van der Waals surface area contributed by atoms with Gasteiger partial charge in [-0.1, -0.05) is 17.7 Å². The molecule has 0 aliphatic carbocycles. The zero-order valence-corrected chi connectivity index (χ0v) is 17.8. The van der Waals surface area contributed by atoms with E-state index in [0.29, 0.717) is 22.1 Å². The third-order valence-electron chi connectivity index (χ3n) is 4.78.